The van der Waals surface area contributed by atoms with Crippen LogP contribution in [0.1, 0.15) is 5.56 Å². The van der Waals surface area contributed by atoms with Gasteiger partial charge in [-0.1, -0.05) is 36.0 Å². The first-order chi connectivity index (χ1) is 8.16. The zero-order valence-corrected chi connectivity index (χ0v) is 10.8. The van der Waals surface area contributed by atoms with E-state index in [-0.39, 0.29) is 11.7 Å². The molecule has 0 saturated carbocycles. The lowest BCUT2D eigenvalue weighted by Gasteiger charge is -1.98. The predicted octanol–water partition coefficient (Wildman–Crippen LogP) is 2.09. The molecule has 1 aromatic heterocycles. The molecule has 2 aromatic rings. The summed E-state index contributed by atoms with van der Waals surface area (Å²) in [6.45, 7) is 2.02. The van der Waals surface area contributed by atoms with Crippen LogP contribution in [0.4, 0.5) is 0 Å². The van der Waals surface area contributed by atoms with E-state index in [2.05, 4.69) is 9.36 Å². The largest absolute Gasteiger partial charge is 0.369 e. The molecule has 0 aliphatic carbocycles. The lowest BCUT2D eigenvalue weighted by Crippen LogP contribution is -2.12. The van der Waals surface area contributed by atoms with Crippen LogP contribution in [0, 0.1) is 6.92 Å². The minimum Gasteiger partial charge on any atom is -0.369 e. The molecule has 88 valence electrons. The summed E-state index contributed by atoms with van der Waals surface area (Å²) in [5.74, 6) is 0.602. The SMILES string of the molecule is Cc1ccccc1-c1nsc(SCC(N)=O)n1. The summed E-state index contributed by atoms with van der Waals surface area (Å²) in [7, 11) is 0. The highest BCUT2D eigenvalue weighted by Crippen LogP contribution is 2.26. The highest BCUT2D eigenvalue weighted by molar-refractivity contribution is 8.01. The van der Waals surface area contributed by atoms with Crippen LogP contribution < -0.4 is 5.73 Å². The van der Waals surface area contributed by atoms with Crippen LogP contribution in [0.15, 0.2) is 28.6 Å². The molecule has 0 aliphatic rings. The lowest BCUT2D eigenvalue weighted by atomic mass is 10.1. The second-order valence-corrected chi connectivity index (χ2v) is 5.43. The molecule has 0 saturated heterocycles. The summed E-state index contributed by atoms with van der Waals surface area (Å²) in [4.78, 5) is 15.0. The zero-order valence-electron chi connectivity index (χ0n) is 9.21. The molecule has 6 heteroatoms. The lowest BCUT2D eigenvalue weighted by molar-refractivity contribution is -0.115. The topological polar surface area (TPSA) is 68.9 Å². The molecular formula is C11H11N3OS2. The van der Waals surface area contributed by atoms with Crippen molar-refractivity contribution in [3.63, 3.8) is 0 Å². The van der Waals surface area contributed by atoms with Crippen molar-refractivity contribution in [3.05, 3.63) is 29.8 Å². The van der Waals surface area contributed by atoms with Crippen LogP contribution >= 0.6 is 23.3 Å². The van der Waals surface area contributed by atoms with Gasteiger partial charge in [-0.05, 0) is 24.0 Å². The van der Waals surface area contributed by atoms with Gasteiger partial charge in [0.25, 0.3) is 0 Å². The van der Waals surface area contributed by atoms with E-state index >= 15 is 0 Å². The number of primary amides is 1. The van der Waals surface area contributed by atoms with E-state index in [0.29, 0.717) is 5.82 Å². The summed E-state index contributed by atoms with van der Waals surface area (Å²) in [5.41, 5.74) is 7.24. The van der Waals surface area contributed by atoms with Crippen molar-refractivity contribution in [3.8, 4) is 11.4 Å². The molecule has 0 unspecified atom stereocenters. The average molecular weight is 265 g/mol. The second-order valence-electron chi connectivity index (χ2n) is 3.45. The van der Waals surface area contributed by atoms with Gasteiger partial charge in [-0.3, -0.25) is 4.79 Å². The molecule has 0 radical (unpaired) electrons. The number of rotatable bonds is 4. The highest BCUT2D eigenvalue weighted by Gasteiger charge is 2.09. The van der Waals surface area contributed by atoms with Crippen LogP contribution in [0.5, 0.6) is 0 Å². The van der Waals surface area contributed by atoms with Crippen molar-refractivity contribution in [1.29, 1.82) is 0 Å². The minimum atomic E-state index is -0.345. The third kappa shape index (κ3) is 3.04. The van der Waals surface area contributed by atoms with Gasteiger partial charge >= 0.3 is 0 Å². The monoisotopic (exact) mass is 265 g/mol. The van der Waals surface area contributed by atoms with E-state index in [1.165, 1.54) is 23.3 Å². The first kappa shape index (κ1) is 12.1. The van der Waals surface area contributed by atoms with Gasteiger partial charge < -0.3 is 5.73 Å². The number of hydrogen-bond acceptors (Lipinski definition) is 5. The fourth-order valence-electron chi connectivity index (χ4n) is 1.33. The zero-order chi connectivity index (χ0) is 12.3. The Bertz CT molecular complexity index is 539. The van der Waals surface area contributed by atoms with Crippen LogP contribution in [-0.2, 0) is 4.79 Å². The number of nitrogens with two attached hydrogens (primary N) is 1. The predicted molar refractivity (Wildman–Crippen MR) is 70.0 cm³/mol. The van der Waals surface area contributed by atoms with Crippen molar-refractivity contribution in [1.82, 2.24) is 9.36 Å². The van der Waals surface area contributed by atoms with Gasteiger partial charge in [-0.25, -0.2) is 4.98 Å². The Morgan fingerprint density at radius 1 is 1.47 bits per heavy atom. The van der Waals surface area contributed by atoms with E-state index in [0.717, 1.165) is 15.5 Å². The van der Waals surface area contributed by atoms with E-state index in [1.54, 1.807) is 0 Å². The second kappa shape index (κ2) is 5.29. The maximum atomic E-state index is 10.7. The van der Waals surface area contributed by atoms with Crippen LogP contribution in [0.25, 0.3) is 11.4 Å². The van der Waals surface area contributed by atoms with Gasteiger partial charge in [0, 0.05) is 5.56 Å². The Labute approximate surface area is 107 Å². The Balaban J connectivity index is 2.18. The first-order valence-corrected chi connectivity index (χ1v) is 6.73. The quantitative estimate of drug-likeness (QED) is 0.859. The summed E-state index contributed by atoms with van der Waals surface area (Å²) in [6, 6.07) is 7.94. The molecule has 0 fully saturated rings. The fourth-order valence-corrected chi connectivity index (χ4v) is 2.68. The molecule has 0 bridgehead atoms. The molecule has 0 atom stereocenters. The summed E-state index contributed by atoms with van der Waals surface area (Å²) in [5, 5.41) is 0. The number of thioether (sulfide) groups is 1. The standard InChI is InChI=1S/C11H11N3OS2/c1-7-4-2-3-5-8(7)10-13-11(17-14-10)16-6-9(12)15/h2-5H,6H2,1H3,(H2,12,15). The number of benzene rings is 1. The maximum absolute atomic E-state index is 10.7. The molecule has 4 nitrogen and oxygen atoms in total. The van der Waals surface area contributed by atoms with Crippen molar-refractivity contribution in [2.45, 2.75) is 11.3 Å². The third-order valence-corrected chi connectivity index (χ3v) is 3.99. The Morgan fingerprint density at radius 3 is 2.94 bits per heavy atom. The molecule has 0 spiro atoms. The Morgan fingerprint density at radius 2 is 2.24 bits per heavy atom. The number of aromatic nitrogens is 2. The maximum Gasteiger partial charge on any atom is 0.227 e. The van der Waals surface area contributed by atoms with Gasteiger partial charge in [-0.15, -0.1) is 0 Å². The molecule has 1 amide bonds. The van der Waals surface area contributed by atoms with Gasteiger partial charge in [0.15, 0.2) is 10.2 Å². The number of carbonyl (C=O) groups is 1. The number of amides is 1. The van der Waals surface area contributed by atoms with Crippen LogP contribution in [0.2, 0.25) is 0 Å². The number of aryl methyl sites for hydroxylation is 1. The first-order valence-electron chi connectivity index (χ1n) is 4.97. The molecule has 1 heterocycles. The van der Waals surface area contributed by atoms with E-state index in [1.807, 2.05) is 31.2 Å². The van der Waals surface area contributed by atoms with E-state index in [4.69, 9.17) is 5.73 Å². The minimum absolute atomic E-state index is 0.238. The van der Waals surface area contributed by atoms with Crippen molar-refractivity contribution in [2.75, 3.05) is 5.75 Å². The van der Waals surface area contributed by atoms with Gasteiger partial charge in [0.05, 0.1) is 5.75 Å². The number of carbonyl (C=O) groups excluding carboxylic acids is 1. The number of hydrogen-bond donors (Lipinski definition) is 1. The number of nitrogens with zero attached hydrogens (tertiary/aromatic N) is 2. The van der Waals surface area contributed by atoms with Gasteiger partial charge in [-0.2, -0.15) is 4.37 Å². The third-order valence-electron chi connectivity index (χ3n) is 2.13. The molecule has 1 aromatic carbocycles. The Kier molecular flexibility index (Phi) is 3.75. The van der Waals surface area contributed by atoms with Crippen molar-refractivity contribution < 1.29 is 4.79 Å². The normalized spacial score (nSPS) is 10.4. The van der Waals surface area contributed by atoms with E-state index in [9.17, 15) is 4.79 Å². The van der Waals surface area contributed by atoms with Gasteiger partial charge in [0.1, 0.15) is 0 Å². The summed E-state index contributed by atoms with van der Waals surface area (Å²) >= 11 is 2.61. The molecule has 2 rings (SSSR count). The van der Waals surface area contributed by atoms with Crippen molar-refractivity contribution in [2.24, 2.45) is 5.73 Å². The summed E-state index contributed by atoms with van der Waals surface area (Å²) in [6.07, 6.45) is 0. The molecular weight excluding hydrogens is 254 g/mol. The Hall–Kier alpha value is -1.40. The van der Waals surface area contributed by atoms with Crippen LogP contribution in [-0.4, -0.2) is 21.0 Å². The van der Waals surface area contributed by atoms with Crippen LogP contribution in [0.3, 0.4) is 0 Å². The highest BCUT2D eigenvalue weighted by atomic mass is 32.2. The van der Waals surface area contributed by atoms with Gasteiger partial charge in [0.2, 0.25) is 5.91 Å². The average Bonchev–Trinajstić information content (AvgIpc) is 2.75. The molecule has 17 heavy (non-hydrogen) atoms. The van der Waals surface area contributed by atoms with Crippen molar-refractivity contribution >= 4 is 29.2 Å². The molecule has 0 aliphatic heterocycles. The summed E-state index contributed by atoms with van der Waals surface area (Å²) < 4.78 is 5.05. The smallest absolute Gasteiger partial charge is 0.227 e. The fraction of sp³-hybridized carbons (Fsp3) is 0.182. The van der Waals surface area contributed by atoms with E-state index < -0.39 is 0 Å². The molecule has 2 N–H and O–H groups in total.